The first-order valence-electron chi connectivity index (χ1n) is 9.78. The van der Waals surface area contributed by atoms with Gasteiger partial charge < -0.3 is 19.4 Å². The first-order valence-corrected chi connectivity index (χ1v) is 9.78. The van der Waals surface area contributed by atoms with E-state index < -0.39 is 0 Å². The Morgan fingerprint density at radius 2 is 2.11 bits per heavy atom. The lowest BCUT2D eigenvalue weighted by Gasteiger charge is -2.50. The molecular formula is C22H23N3O3. The molecule has 0 saturated carbocycles. The number of aromatic amines is 1. The molecule has 0 aliphatic carbocycles. The van der Waals surface area contributed by atoms with Gasteiger partial charge in [0, 0.05) is 29.8 Å². The maximum atomic E-state index is 12.8. The number of nitrogens with zero attached hydrogens (tertiary/aromatic N) is 2. The van der Waals surface area contributed by atoms with Gasteiger partial charge in [0.1, 0.15) is 11.3 Å². The Morgan fingerprint density at radius 3 is 2.93 bits per heavy atom. The van der Waals surface area contributed by atoms with Gasteiger partial charge in [0.25, 0.3) is 5.91 Å². The number of hydrogen-bond donors (Lipinski definition) is 1. The predicted molar refractivity (Wildman–Crippen MR) is 105 cm³/mol. The van der Waals surface area contributed by atoms with Gasteiger partial charge in [0.05, 0.1) is 19.7 Å². The Kier molecular flexibility index (Phi) is 4.28. The van der Waals surface area contributed by atoms with Crippen LogP contribution in [0.2, 0.25) is 0 Å². The summed E-state index contributed by atoms with van der Waals surface area (Å²) in [5, 5.41) is 1.06. The monoisotopic (exact) mass is 377 g/mol. The van der Waals surface area contributed by atoms with E-state index in [0.717, 1.165) is 30.4 Å². The molecule has 1 N–H and O–H groups in total. The smallest absolute Gasteiger partial charge is 0.270 e. The van der Waals surface area contributed by atoms with Crippen LogP contribution in [-0.4, -0.2) is 52.7 Å². The summed E-state index contributed by atoms with van der Waals surface area (Å²) in [7, 11) is 0. The lowest BCUT2D eigenvalue weighted by Crippen LogP contribution is -2.66. The number of carbonyl (C=O) groups excluding carboxylic acids is 1. The molecule has 2 aliphatic heterocycles. The summed E-state index contributed by atoms with van der Waals surface area (Å²) in [5.74, 6) is 1.10. The summed E-state index contributed by atoms with van der Waals surface area (Å²) in [6.07, 6.45) is 3.65. The second kappa shape index (κ2) is 6.95. The minimum atomic E-state index is -0.213. The predicted octanol–water partition coefficient (Wildman–Crippen LogP) is 3.26. The van der Waals surface area contributed by atoms with E-state index in [4.69, 9.17) is 9.47 Å². The van der Waals surface area contributed by atoms with Crippen molar-refractivity contribution in [3.63, 3.8) is 0 Å². The molecule has 1 spiro atoms. The van der Waals surface area contributed by atoms with Gasteiger partial charge in [0.15, 0.2) is 0 Å². The molecule has 3 aromatic rings. The molecule has 0 unspecified atom stereocenters. The molecule has 1 atom stereocenters. The number of rotatable bonds is 5. The van der Waals surface area contributed by atoms with E-state index in [9.17, 15) is 4.79 Å². The number of likely N-dealkylation sites (tertiary alicyclic amines) is 1. The summed E-state index contributed by atoms with van der Waals surface area (Å²) >= 11 is 0. The summed E-state index contributed by atoms with van der Waals surface area (Å²) in [6.45, 7) is 2.66. The van der Waals surface area contributed by atoms with Crippen molar-refractivity contribution in [3.8, 4) is 5.88 Å². The fraction of sp³-hybridized carbons (Fsp3) is 0.364. The van der Waals surface area contributed by atoms with E-state index in [-0.39, 0.29) is 11.5 Å². The van der Waals surface area contributed by atoms with E-state index in [1.165, 1.54) is 0 Å². The van der Waals surface area contributed by atoms with Crippen molar-refractivity contribution in [2.45, 2.75) is 18.4 Å². The van der Waals surface area contributed by atoms with Crippen molar-refractivity contribution >= 4 is 16.8 Å². The van der Waals surface area contributed by atoms with Gasteiger partial charge in [-0.05, 0) is 37.0 Å². The van der Waals surface area contributed by atoms with E-state index >= 15 is 0 Å². The number of aromatic nitrogens is 2. The van der Waals surface area contributed by atoms with Crippen molar-refractivity contribution in [2.75, 3.05) is 26.3 Å². The number of para-hydroxylation sites is 1. The van der Waals surface area contributed by atoms with Crippen LogP contribution in [0, 0.1) is 5.92 Å². The maximum absolute atomic E-state index is 12.8. The Hall–Kier alpha value is -2.86. The highest BCUT2D eigenvalue weighted by atomic mass is 16.5. The summed E-state index contributed by atoms with van der Waals surface area (Å²) < 4.78 is 11.8. The van der Waals surface area contributed by atoms with Crippen LogP contribution < -0.4 is 4.74 Å². The topological polar surface area (TPSA) is 67.5 Å². The number of benzene rings is 1. The lowest BCUT2D eigenvalue weighted by atomic mass is 9.79. The summed E-state index contributed by atoms with van der Waals surface area (Å²) in [4.78, 5) is 22.1. The Morgan fingerprint density at radius 1 is 1.25 bits per heavy atom. The van der Waals surface area contributed by atoms with Crippen LogP contribution in [0.25, 0.3) is 10.9 Å². The lowest BCUT2D eigenvalue weighted by molar-refractivity contribution is -0.119. The number of fused-ring (bicyclic) bond motifs is 1. The van der Waals surface area contributed by atoms with E-state index in [1.807, 2.05) is 53.4 Å². The number of pyridine rings is 1. The molecule has 144 valence electrons. The van der Waals surface area contributed by atoms with Gasteiger partial charge in [-0.2, -0.15) is 0 Å². The van der Waals surface area contributed by atoms with Gasteiger partial charge in [-0.3, -0.25) is 4.79 Å². The van der Waals surface area contributed by atoms with Crippen molar-refractivity contribution in [1.29, 1.82) is 0 Å². The minimum absolute atomic E-state index is 0.0424. The molecule has 6 heteroatoms. The molecule has 2 saturated heterocycles. The average molecular weight is 377 g/mol. The van der Waals surface area contributed by atoms with Gasteiger partial charge in [0.2, 0.25) is 5.88 Å². The molecule has 0 bridgehead atoms. The third kappa shape index (κ3) is 3.03. The zero-order valence-corrected chi connectivity index (χ0v) is 15.6. The second-order valence-electron chi connectivity index (χ2n) is 7.64. The van der Waals surface area contributed by atoms with Crippen molar-refractivity contribution in [3.05, 3.63) is 60.4 Å². The Labute approximate surface area is 163 Å². The normalized spacial score (nSPS) is 20.4. The van der Waals surface area contributed by atoms with E-state index in [0.29, 0.717) is 37.2 Å². The number of amides is 1. The quantitative estimate of drug-likeness (QED) is 0.741. The minimum Gasteiger partial charge on any atom is -0.478 e. The standard InChI is InChI=1S/C22H23N3O3/c26-21(19-13-16-5-1-2-6-18(16)24-19)25-14-22(15-25)17(9-12-28-22)8-11-27-20-7-3-4-10-23-20/h1-7,10,13,17,24H,8-9,11-12,14-15H2/t17-/m1/s1. The first kappa shape index (κ1) is 17.3. The summed E-state index contributed by atoms with van der Waals surface area (Å²) in [5.41, 5.74) is 1.42. The zero-order valence-electron chi connectivity index (χ0n) is 15.6. The van der Waals surface area contributed by atoms with Gasteiger partial charge in [-0.15, -0.1) is 0 Å². The molecule has 28 heavy (non-hydrogen) atoms. The van der Waals surface area contributed by atoms with E-state index in [2.05, 4.69) is 9.97 Å². The molecule has 0 radical (unpaired) electrons. The van der Waals surface area contributed by atoms with Crippen LogP contribution in [-0.2, 0) is 4.74 Å². The molecule has 6 nitrogen and oxygen atoms in total. The SMILES string of the molecule is O=C(c1cc2ccccc2[nH]1)N1CC2(C1)OCC[C@H]2CCOc1ccccn1. The van der Waals surface area contributed by atoms with Crippen molar-refractivity contribution < 1.29 is 14.3 Å². The van der Waals surface area contributed by atoms with Crippen LogP contribution in [0.5, 0.6) is 5.88 Å². The number of hydrogen-bond acceptors (Lipinski definition) is 4. The number of nitrogens with one attached hydrogen (secondary N) is 1. The fourth-order valence-electron chi connectivity index (χ4n) is 4.38. The molecule has 2 aromatic heterocycles. The van der Waals surface area contributed by atoms with Crippen LogP contribution in [0.1, 0.15) is 23.3 Å². The molecule has 5 rings (SSSR count). The first-order chi connectivity index (χ1) is 13.7. The maximum Gasteiger partial charge on any atom is 0.270 e. The van der Waals surface area contributed by atoms with Crippen molar-refractivity contribution in [2.24, 2.45) is 5.92 Å². The molecule has 4 heterocycles. The van der Waals surface area contributed by atoms with Crippen LogP contribution in [0.4, 0.5) is 0 Å². The Balaban J connectivity index is 1.19. The average Bonchev–Trinajstić information content (AvgIpc) is 3.31. The van der Waals surface area contributed by atoms with Crippen LogP contribution in [0.3, 0.4) is 0 Å². The second-order valence-corrected chi connectivity index (χ2v) is 7.64. The molecule has 2 aliphatic rings. The van der Waals surface area contributed by atoms with Gasteiger partial charge >= 0.3 is 0 Å². The van der Waals surface area contributed by atoms with Gasteiger partial charge in [-0.25, -0.2) is 4.98 Å². The highest BCUT2D eigenvalue weighted by Gasteiger charge is 2.54. The number of ether oxygens (including phenoxy) is 2. The van der Waals surface area contributed by atoms with Crippen molar-refractivity contribution in [1.82, 2.24) is 14.9 Å². The number of H-pyrrole nitrogens is 1. The number of carbonyl (C=O) groups is 1. The van der Waals surface area contributed by atoms with Crippen LogP contribution >= 0.6 is 0 Å². The fourth-order valence-corrected chi connectivity index (χ4v) is 4.38. The highest BCUT2D eigenvalue weighted by molar-refractivity contribution is 5.98. The molecule has 1 aromatic carbocycles. The molecule has 2 fully saturated rings. The van der Waals surface area contributed by atoms with Gasteiger partial charge in [-0.1, -0.05) is 24.3 Å². The third-order valence-corrected chi connectivity index (χ3v) is 5.92. The summed E-state index contributed by atoms with van der Waals surface area (Å²) in [6, 6.07) is 15.5. The molecule has 1 amide bonds. The third-order valence-electron chi connectivity index (χ3n) is 5.92. The molecular weight excluding hydrogens is 354 g/mol. The van der Waals surface area contributed by atoms with E-state index in [1.54, 1.807) is 6.20 Å². The van der Waals surface area contributed by atoms with Crippen LogP contribution in [0.15, 0.2) is 54.7 Å². The highest BCUT2D eigenvalue weighted by Crippen LogP contribution is 2.42. The Bertz CT molecular complexity index is 946. The zero-order chi connectivity index (χ0) is 19.0. The largest absolute Gasteiger partial charge is 0.478 e.